The van der Waals surface area contributed by atoms with Gasteiger partial charge in [-0.15, -0.1) is 0 Å². The Kier molecular flexibility index (Phi) is 5.08. The highest BCUT2D eigenvalue weighted by molar-refractivity contribution is 5.94. The summed E-state index contributed by atoms with van der Waals surface area (Å²) in [5.41, 5.74) is 2.60. The molecule has 0 saturated carbocycles. The molecule has 4 heteroatoms. The van der Waals surface area contributed by atoms with Crippen LogP contribution in [0.15, 0.2) is 77.4 Å². The summed E-state index contributed by atoms with van der Waals surface area (Å²) in [6.45, 7) is 0.529. The second-order valence-electron chi connectivity index (χ2n) is 5.46. The zero-order chi connectivity index (χ0) is 16.8. The summed E-state index contributed by atoms with van der Waals surface area (Å²) in [7, 11) is 1.65. The topological polar surface area (TPSA) is 51.5 Å². The Bertz CT molecular complexity index is 764. The van der Waals surface area contributed by atoms with E-state index in [0.717, 1.165) is 11.1 Å². The van der Waals surface area contributed by atoms with Gasteiger partial charge in [0.2, 0.25) is 0 Å². The predicted molar refractivity (Wildman–Crippen MR) is 91.6 cm³/mol. The molecule has 0 spiro atoms. The van der Waals surface area contributed by atoms with Crippen LogP contribution in [-0.4, -0.2) is 13.0 Å². The third-order valence-corrected chi connectivity index (χ3v) is 3.76. The minimum Gasteiger partial charge on any atom is -0.467 e. The van der Waals surface area contributed by atoms with E-state index in [2.05, 4.69) is 5.32 Å². The van der Waals surface area contributed by atoms with Gasteiger partial charge < -0.3 is 14.5 Å². The van der Waals surface area contributed by atoms with Crippen molar-refractivity contribution in [2.24, 2.45) is 0 Å². The van der Waals surface area contributed by atoms with E-state index in [9.17, 15) is 4.79 Å². The van der Waals surface area contributed by atoms with Gasteiger partial charge >= 0.3 is 0 Å². The molecular weight excluding hydrogens is 302 g/mol. The smallest absolute Gasteiger partial charge is 0.252 e. The molecule has 2 aromatic carbocycles. The number of ether oxygens (including phenoxy) is 1. The minimum atomic E-state index is -0.327. The zero-order valence-corrected chi connectivity index (χ0v) is 13.4. The number of furan rings is 1. The molecule has 3 aromatic rings. The van der Waals surface area contributed by atoms with Gasteiger partial charge in [-0.05, 0) is 35.4 Å². The average Bonchev–Trinajstić information content (AvgIpc) is 3.15. The Morgan fingerprint density at radius 1 is 1.04 bits per heavy atom. The Morgan fingerprint density at radius 2 is 1.79 bits per heavy atom. The van der Waals surface area contributed by atoms with Crippen molar-refractivity contribution in [3.8, 4) is 0 Å². The first-order valence-corrected chi connectivity index (χ1v) is 7.75. The van der Waals surface area contributed by atoms with Crippen LogP contribution < -0.4 is 5.32 Å². The van der Waals surface area contributed by atoms with Crippen LogP contribution in [0, 0.1) is 0 Å². The maximum atomic E-state index is 12.6. The first-order chi connectivity index (χ1) is 11.8. The van der Waals surface area contributed by atoms with Crippen LogP contribution in [0.4, 0.5) is 0 Å². The van der Waals surface area contributed by atoms with Crippen molar-refractivity contribution < 1.29 is 13.9 Å². The van der Waals surface area contributed by atoms with E-state index >= 15 is 0 Å². The summed E-state index contributed by atoms with van der Waals surface area (Å²) in [6.07, 6.45) is 1.61. The number of amides is 1. The monoisotopic (exact) mass is 321 g/mol. The van der Waals surface area contributed by atoms with Gasteiger partial charge in [-0.25, -0.2) is 0 Å². The van der Waals surface area contributed by atoms with Crippen LogP contribution in [0.1, 0.15) is 33.3 Å². The van der Waals surface area contributed by atoms with E-state index in [1.807, 2.05) is 54.6 Å². The van der Waals surface area contributed by atoms with Crippen molar-refractivity contribution >= 4 is 5.91 Å². The van der Waals surface area contributed by atoms with Gasteiger partial charge in [0, 0.05) is 12.7 Å². The number of nitrogens with one attached hydrogen (secondary N) is 1. The van der Waals surface area contributed by atoms with E-state index in [0.29, 0.717) is 17.9 Å². The van der Waals surface area contributed by atoms with Crippen LogP contribution in [0.2, 0.25) is 0 Å². The van der Waals surface area contributed by atoms with Crippen molar-refractivity contribution in [2.75, 3.05) is 7.11 Å². The number of carbonyl (C=O) groups is 1. The Labute approximate surface area is 141 Å². The lowest BCUT2D eigenvalue weighted by Crippen LogP contribution is -2.29. The molecule has 1 atom stereocenters. The Morgan fingerprint density at radius 3 is 2.42 bits per heavy atom. The van der Waals surface area contributed by atoms with Gasteiger partial charge in [-0.2, -0.15) is 0 Å². The molecule has 0 aliphatic carbocycles. The van der Waals surface area contributed by atoms with Gasteiger partial charge in [0.15, 0.2) is 0 Å². The minimum absolute atomic E-state index is 0.149. The quantitative estimate of drug-likeness (QED) is 0.748. The van der Waals surface area contributed by atoms with Gasteiger partial charge in [0.05, 0.1) is 12.9 Å². The molecule has 1 unspecified atom stereocenters. The molecular formula is C20H19NO3. The molecule has 1 N–H and O–H groups in total. The maximum Gasteiger partial charge on any atom is 0.252 e. The highest BCUT2D eigenvalue weighted by Gasteiger charge is 2.19. The molecule has 0 aliphatic heterocycles. The summed E-state index contributed by atoms with van der Waals surface area (Å²) < 4.78 is 10.6. The number of methoxy groups -OCH3 is 1. The summed E-state index contributed by atoms with van der Waals surface area (Å²) >= 11 is 0. The van der Waals surface area contributed by atoms with Crippen LogP contribution in [-0.2, 0) is 11.3 Å². The molecule has 0 bridgehead atoms. The molecule has 1 heterocycles. The van der Waals surface area contributed by atoms with Crippen molar-refractivity contribution in [2.45, 2.75) is 12.6 Å². The third-order valence-electron chi connectivity index (χ3n) is 3.76. The maximum absolute atomic E-state index is 12.6. The highest BCUT2D eigenvalue weighted by atomic mass is 16.5. The lowest BCUT2D eigenvalue weighted by Gasteiger charge is -2.17. The first-order valence-electron chi connectivity index (χ1n) is 7.75. The van der Waals surface area contributed by atoms with E-state index in [4.69, 9.17) is 9.15 Å². The largest absolute Gasteiger partial charge is 0.467 e. The predicted octanol–water partition coefficient (Wildman–Crippen LogP) is 3.95. The molecule has 3 rings (SSSR count). The van der Waals surface area contributed by atoms with Crippen LogP contribution in [0.3, 0.4) is 0 Å². The normalized spacial score (nSPS) is 11.9. The number of rotatable bonds is 6. The number of hydrogen-bond donors (Lipinski definition) is 1. The molecule has 0 radical (unpaired) electrons. The number of benzene rings is 2. The van der Waals surface area contributed by atoms with Crippen molar-refractivity contribution in [1.82, 2.24) is 5.32 Å². The second-order valence-corrected chi connectivity index (χ2v) is 5.46. The molecule has 0 fully saturated rings. The summed E-state index contributed by atoms with van der Waals surface area (Å²) in [6, 6.07) is 20.5. The molecule has 1 amide bonds. The number of carbonyl (C=O) groups excluding carboxylic acids is 1. The van der Waals surface area contributed by atoms with Gasteiger partial charge in [-0.1, -0.05) is 42.5 Å². The van der Waals surface area contributed by atoms with Crippen molar-refractivity contribution in [3.05, 3.63) is 95.4 Å². The molecule has 4 nitrogen and oxygen atoms in total. The van der Waals surface area contributed by atoms with E-state index in [-0.39, 0.29) is 11.9 Å². The lowest BCUT2D eigenvalue weighted by molar-refractivity contribution is 0.0939. The Hall–Kier alpha value is -2.85. The SMILES string of the molecule is COCc1ccc(C(=O)NC(c2ccccc2)c2ccco2)cc1. The van der Waals surface area contributed by atoms with Crippen LogP contribution >= 0.6 is 0 Å². The molecule has 122 valence electrons. The summed E-state index contributed by atoms with van der Waals surface area (Å²) in [5.74, 6) is 0.551. The Balaban J connectivity index is 1.81. The van der Waals surface area contributed by atoms with E-state index < -0.39 is 0 Å². The van der Waals surface area contributed by atoms with E-state index in [1.165, 1.54) is 0 Å². The standard InChI is InChI=1S/C20H19NO3/c1-23-14-15-9-11-17(12-10-15)20(22)21-19(18-8-5-13-24-18)16-6-3-2-4-7-16/h2-13,19H,14H2,1H3,(H,21,22). The fourth-order valence-corrected chi connectivity index (χ4v) is 2.55. The molecule has 0 saturated heterocycles. The lowest BCUT2D eigenvalue weighted by atomic mass is 10.0. The molecule has 0 aliphatic rings. The van der Waals surface area contributed by atoms with Crippen LogP contribution in [0.25, 0.3) is 0 Å². The first kappa shape index (κ1) is 16.0. The second kappa shape index (κ2) is 7.62. The highest BCUT2D eigenvalue weighted by Crippen LogP contribution is 2.23. The molecule has 24 heavy (non-hydrogen) atoms. The fraction of sp³-hybridized carbons (Fsp3) is 0.150. The van der Waals surface area contributed by atoms with E-state index in [1.54, 1.807) is 25.5 Å². The van der Waals surface area contributed by atoms with Gasteiger partial charge in [-0.3, -0.25) is 4.79 Å². The average molecular weight is 321 g/mol. The summed E-state index contributed by atoms with van der Waals surface area (Å²) in [5, 5.41) is 3.04. The van der Waals surface area contributed by atoms with Crippen molar-refractivity contribution in [3.63, 3.8) is 0 Å². The van der Waals surface area contributed by atoms with Gasteiger partial charge in [0.25, 0.3) is 5.91 Å². The fourth-order valence-electron chi connectivity index (χ4n) is 2.55. The zero-order valence-electron chi connectivity index (χ0n) is 13.4. The van der Waals surface area contributed by atoms with Gasteiger partial charge in [0.1, 0.15) is 11.8 Å². The van der Waals surface area contributed by atoms with Crippen molar-refractivity contribution in [1.29, 1.82) is 0 Å². The number of hydrogen-bond acceptors (Lipinski definition) is 3. The van der Waals surface area contributed by atoms with Crippen LogP contribution in [0.5, 0.6) is 0 Å². The third kappa shape index (κ3) is 3.73. The summed E-state index contributed by atoms with van der Waals surface area (Å²) in [4.78, 5) is 12.6. The molecule has 1 aromatic heterocycles.